The van der Waals surface area contributed by atoms with Gasteiger partial charge in [-0.2, -0.15) is 9.78 Å². The normalized spacial score (nSPS) is 11.5. The van der Waals surface area contributed by atoms with Crippen molar-refractivity contribution in [1.82, 2.24) is 9.66 Å². The van der Waals surface area contributed by atoms with E-state index in [1.807, 2.05) is 6.07 Å². The molecule has 2 heterocycles. The summed E-state index contributed by atoms with van der Waals surface area (Å²) in [4.78, 5) is 18.2. The lowest BCUT2D eigenvalue weighted by atomic mass is 10.2. The molecule has 0 unspecified atom stereocenters. The molecule has 0 saturated carbocycles. The number of ether oxygens (including phenoxy) is 2. The van der Waals surface area contributed by atoms with Gasteiger partial charge in [0.2, 0.25) is 5.82 Å². The van der Waals surface area contributed by atoms with Crippen LogP contribution in [-0.4, -0.2) is 23.0 Å². The molecule has 0 spiro atoms. The van der Waals surface area contributed by atoms with Gasteiger partial charge in [0.25, 0.3) is 5.56 Å². The Morgan fingerprint density at radius 2 is 1.82 bits per heavy atom. The third-order valence-electron chi connectivity index (χ3n) is 6.30. The average Bonchev–Trinajstić information content (AvgIpc) is 3.39. The Labute approximate surface area is 232 Å². The lowest BCUT2D eigenvalue weighted by Crippen LogP contribution is -2.20. The number of rotatable bonds is 7. The minimum atomic E-state index is -0.354. The van der Waals surface area contributed by atoms with Crippen LogP contribution in [0.5, 0.6) is 11.5 Å². The predicted molar refractivity (Wildman–Crippen MR) is 153 cm³/mol. The zero-order valence-electron chi connectivity index (χ0n) is 21.2. The summed E-state index contributed by atoms with van der Waals surface area (Å²) in [7, 11) is 1.51. The SMILES string of the molecule is COc1cc(C=Nn2c(-c3cc4cc(Cl)ccc4o3)nc3ccccc3c2=O)ccc1OCc1ccccc1F. The fraction of sp³-hybridized carbons (Fsp3) is 0.0645. The third kappa shape index (κ3) is 4.92. The number of aromatic nitrogens is 2. The Morgan fingerprint density at radius 1 is 1.00 bits per heavy atom. The van der Waals surface area contributed by atoms with Crippen molar-refractivity contribution < 1.29 is 18.3 Å². The van der Waals surface area contributed by atoms with Gasteiger partial charge in [-0.1, -0.05) is 41.9 Å². The van der Waals surface area contributed by atoms with E-state index in [4.69, 9.17) is 30.5 Å². The molecule has 0 aliphatic carbocycles. The summed E-state index contributed by atoms with van der Waals surface area (Å²) in [6.45, 7) is 0.0424. The molecule has 0 atom stereocenters. The van der Waals surface area contributed by atoms with Crippen molar-refractivity contribution in [3.05, 3.63) is 123 Å². The van der Waals surface area contributed by atoms with E-state index in [0.29, 0.717) is 49.9 Å². The maximum Gasteiger partial charge on any atom is 0.282 e. The first-order chi connectivity index (χ1) is 19.5. The molecule has 0 radical (unpaired) electrons. The molecule has 0 N–H and O–H groups in total. The molecule has 4 aromatic carbocycles. The van der Waals surface area contributed by atoms with Crippen LogP contribution in [0.15, 0.2) is 105 Å². The zero-order valence-corrected chi connectivity index (χ0v) is 21.9. The molecule has 6 rings (SSSR count). The molecular formula is C31H21ClFN3O4. The summed E-state index contributed by atoms with van der Waals surface area (Å²) in [5.41, 5.74) is 1.84. The van der Waals surface area contributed by atoms with E-state index in [1.165, 1.54) is 24.1 Å². The van der Waals surface area contributed by atoms with Gasteiger partial charge in [-0.25, -0.2) is 9.37 Å². The minimum absolute atomic E-state index is 0.0424. The summed E-state index contributed by atoms with van der Waals surface area (Å²) in [6.07, 6.45) is 1.52. The minimum Gasteiger partial charge on any atom is -0.493 e. The number of fused-ring (bicyclic) bond motifs is 2. The zero-order chi connectivity index (χ0) is 27.6. The second kappa shape index (κ2) is 10.7. The fourth-order valence-electron chi connectivity index (χ4n) is 4.29. The van der Waals surface area contributed by atoms with Crippen molar-refractivity contribution in [3.63, 3.8) is 0 Å². The molecule has 0 aliphatic heterocycles. The van der Waals surface area contributed by atoms with Gasteiger partial charge in [0.15, 0.2) is 17.3 Å². The fourth-order valence-corrected chi connectivity index (χ4v) is 4.47. The number of nitrogens with zero attached hydrogens (tertiary/aromatic N) is 3. The summed E-state index contributed by atoms with van der Waals surface area (Å²) < 4.78 is 32.5. The van der Waals surface area contributed by atoms with Gasteiger partial charge in [-0.05, 0) is 66.2 Å². The lowest BCUT2D eigenvalue weighted by molar-refractivity contribution is 0.279. The highest BCUT2D eigenvalue weighted by Crippen LogP contribution is 2.30. The van der Waals surface area contributed by atoms with E-state index >= 15 is 0 Å². The number of methoxy groups -OCH3 is 1. The molecular weight excluding hydrogens is 533 g/mol. The maximum absolute atomic E-state index is 14.0. The van der Waals surface area contributed by atoms with Crippen LogP contribution in [-0.2, 0) is 6.61 Å². The molecule has 7 nitrogen and oxygen atoms in total. The van der Waals surface area contributed by atoms with E-state index < -0.39 is 0 Å². The highest BCUT2D eigenvalue weighted by molar-refractivity contribution is 6.31. The van der Waals surface area contributed by atoms with Crippen LogP contribution < -0.4 is 15.0 Å². The predicted octanol–water partition coefficient (Wildman–Crippen LogP) is 7.07. The highest BCUT2D eigenvalue weighted by atomic mass is 35.5. The van der Waals surface area contributed by atoms with Gasteiger partial charge >= 0.3 is 0 Å². The smallest absolute Gasteiger partial charge is 0.282 e. The molecule has 0 saturated heterocycles. The first kappa shape index (κ1) is 25.3. The number of benzene rings is 4. The maximum atomic E-state index is 14.0. The number of halogens is 2. The van der Waals surface area contributed by atoms with E-state index in [1.54, 1.807) is 78.9 Å². The van der Waals surface area contributed by atoms with Crippen LogP contribution in [0.2, 0.25) is 5.02 Å². The average molecular weight is 554 g/mol. The Balaban J connectivity index is 1.37. The molecule has 2 aromatic heterocycles. The van der Waals surface area contributed by atoms with Crippen LogP contribution >= 0.6 is 11.6 Å². The Hall–Kier alpha value is -4.95. The number of hydrogen-bond donors (Lipinski definition) is 0. The topological polar surface area (TPSA) is 78.9 Å². The summed E-state index contributed by atoms with van der Waals surface area (Å²) in [5.74, 6) is 1.13. The Morgan fingerprint density at radius 3 is 2.67 bits per heavy atom. The molecule has 0 bridgehead atoms. The van der Waals surface area contributed by atoms with Crippen LogP contribution in [0, 0.1) is 5.82 Å². The lowest BCUT2D eigenvalue weighted by Gasteiger charge is -2.12. The summed E-state index contributed by atoms with van der Waals surface area (Å²) >= 11 is 6.15. The van der Waals surface area contributed by atoms with Crippen LogP contribution in [0.4, 0.5) is 4.39 Å². The molecule has 40 heavy (non-hydrogen) atoms. The summed E-state index contributed by atoms with van der Waals surface area (Å²) in [5, 5.41) is 6.24. The molecule has 198 valence electrons. The molecule has 0 aliphatic rings. The van der Waals surface area contributed by atoms with E-state index in [9.17, 15) is 9.18 Å². The van der Waals surface area contributed by atoms with E-state index in [-0.39, 0.29) is 23.8 Å². The second-order valence-electron chi connectivity index (χ2n) is 8.90. The monoisotopic (exact) mass is 553 g/mol. The van der Waals surface area contributed by atoms with Crippen LogP contribution in [0.25, 0.3) is 33.5 Å². The Bertz CT molecular complexity index is 1960. The standard InChI is InChI=1S/C31H21ClFN3O4/c1-38-28-14-19(10-12-27(28)39-18-20-6-2-4-8-24(20)33)17-34-36-30(35-25-9-5-3-7-23(25)31(36)37)29-16-21-15-22(32)11-13-26(21)40-29/h2-17H,18H2,1H3. The van der Waals surface area contributed by atoms with Gasteiger partial charge in [0.05, 0.1) is 24.2 Å². The number of furan rings is 1. The quantitative estimate of drug-likeness (QED) is 0.198. The first-order valence-corrected chi connectivity index (χ1v) is 12.7. The van der Waals surface area contributed by atoms with Crippen molar-refractivity contribution in [2.24, 2.45) is 5.10 Å². The van der Waals surface area contributed by atoms with Crippen LogP contribution in [0.3, 0.4) is 0 Å². The van der Waals surface area contributed by atoms with Crippen molar-refractivity contribution in [2.45, 2.75) is 6.61 Å². The highest BCUT2D eigenvalue weighted by Gasteiger charge is 2.17. The molecule has 6 aromatic rings. The molecule has 0 amide bonds. The van der Waals surface area contributed by atoms with Gasteiger partial charge < -0.3 is 13.9 Å². The van der Waals surface area contributed by atoms with Gasteiger partial charge in [-0.3, -0.25) is 4.79 Å². The number of hydrogen-bond acceptors (Lipinski definition) is 6. The first-order valence-electron chi connectivity index (χ1n) is 12.3. The van der Waals surface area contributed by atoms with E-state index in [0.717, 1.165) is 5.39 Å². The van der Waals surface area contributed by atoms with Crippen molar-refractivity contribution >= 4 is 39.7 Å². The van der Waals surface area contributed by atoms with Crippen LogP contribution in [0.1, 0.15) is 11.1 Å². The van der Waals surface area contributed by atoms with Crippen molar-refractivity contribution in [1.29, 1.82) is 0 Å². The third-order valence-corrected chi connectivity index (χ3v) is 6.54. The molecule has 0 fully saturated rings. The van der Waals surface area contributed by atoms with Crippen molar-refractivity contribution in [2.75, 3.05) is 7.11 Å². The van der Waals surface area contributed by atoms with E-state index in [2.05, 4.69) is 5.10 Å². The van der Waals surface area contributed by atoms with Gasteiger partial charge in [-0.15, -0.1) is 0 Å². The van der Waals surface area contributed by atoms with Gasteiger partial charge in [0.1, 0.15) is 18.0 Å². The number of para-hydroxylation sites is 1. The molecule has 9 heteroatoms. The second-order valence-corrected chi connectivity index (χ2v) is 9.33. The van der Waals surface area contributed by atoms with Crippen molar-refractivity contribution in [3.8, 4) is 23.1 Å². The largest absolute Gasteiger partial charge is 0.493 e. The summed E-state index contributed by atoms with van der Waals surface area (Å²) in [6, 6.07) is 25.7. The Kier molecular flexibility index (Phi) is 6.76. The van der Waals surface area contributed by atoms with Gasteiger partial charge in [0, 0.05) is 16.0 Å².